The van der Waals surface area contributed by atoms with Crippen molar-refractivity contribution >= 4 is 0 Å². The van der Waals surface area contributed by atoms with Crippen LogP contribution < -0.4 is 5.32 Å². The fraction of sp³-hybridized carbons (Fsp3) is 0.357. The first-order valence-corrected chi connectivity index (χ1v) is 6.20. The fourth-order valence-electron chi connectivity index (χ4n) is 1.71. The Bertz CT molecular complexity index is 552. The summed E-state index contributed by atoms with van der Waals surface area (Å²) in [4.78, 5) is 4.09. The average Bonchev–Trinajstić information content (AvgIpc) is 2.77. The van der Waals surface area contributed by atoms with Crippen molar-refractivity contribution in [2.45, 2.75) is 26.3 Å². The normalized spacial score (nSPS) is 11.2. The molecule has 1 aromatic carbocycles. The summed E-state index contributed by atoms with van der Waals surface area (Å²) < 4.78 is 31.8. The van der Waals surface area contributed by atoms with Crippen LogP contribution in [-0.2, 0) is 6.42 Å². The molecule has 0 amide bonds. The average molecular weight is 266 g/mol. The lowest BCUT2D eigenvalue weighted by molar-refractivity contribution is 0.482. The molecule has 0 saturated carbocycles. The molecule has 0 unspecified atom stereocenters. The van der Waals surface area contributed by atoms with Gasteiger partial charge in [-0.2, -0.15) is 0 Å². The van der Waals surface area contributed by atoms with Gasteiger partial charge in [0, 0.05) is 25.1 Å². The standard InChI is InChI=1S/C14H16F2N2O/c1-9(2)17-6-5-14-18-8-13(19-14)11-4-3-10(15)7-12(11)16/h3-4,7-9,17H,5-6H2,1-2H3. The number of benzene rings is 1. The van der Waals surface area contributed by atoms with Gasteiger partial charge in [0.05, 0.1) is 11.8 Å². The quantitative estimate of drug-likeness (QED) is 0.903. The van der Waals surface area contributed by atoms with Crippen LogP contribution in [0.3, 0.4) is 0 Å². The van der Waals surface area contributed by atoms with Gasteiger partial charge >= 0.3 is 0 Å². The van der Waals surface area contributed by atoms with E-state index in [1.165, 1.54) is 18.3 Å². The number of nitrogens with zero attached hydrogens (tertiary/aromatic N) is 1. The van der Waals surface area contributed by atoms with Crippen molar-refractivity contribution in [2.24, 2.45) is 0 Å². The van der Waals surface area contributed by atoms with Gasteiger partial charge in [-0.1, -0.05) is 13.8 Å². The molecular weight excluding hydrogens is 250 g/mol. The molecule has 0 aliphatic carbocycles. The maximum Gasteiger partial charge on any atom is 0.196 e. The molecule has 1 N–H and O–H groups in total. The van der Waals surface area contributed by atoms with E-state index in [0.29, 0.717) is 24.1 Å². The highest BCUT2D eigenvalue weighted by molar-refractivity contribution is 5.57. The van der Waals surface area contributed by atoms with Crippen molar-refractivity contribution < 1.29 is 13.2 Å². The molecule has 3 nitrogen and oxygen atoms in total. The molecule has 0 fully saturated rings. The predicted molar refractivity (Wildman–Crippen MR) is 68.7 cm³/mol. The van der Waals surface area contributed by atoms with Gasteiger partial charge in [-0.15, -0.1) is 0 Å². The molecule has 2 rings (SSSR count). The van der Waals surface area contributed by atoms with Crippen LogP contribution in [0.5, 0.6) is 0 Å². The van der Waals surface area contributed by atoms with Crippen molar-refractivity contribution in [3.63, 3.8) is 0 Å². The van der Waals surface area contributed by atoms with Gasteiger partial charge in [-0.05, 0) is 12.1 Å². The largest absolute Gasteiger partial charge is 0.441 e. The van der Waals surface area contributed by atoms with Crippen molar-refractivity contribution in [3.05, 3.63) is 41.9 Å². The summed E-state index contributed by atoms with van der Waals surface area (Å²) in [5.74, 6) is -0.408. The molecular formula is C14H16F2N2O. The minimum atomic E-state index is -0.650. The molecule has 0 atom stereocenters. The molecule has 1 heterocycles. The van der Waals surface area contributed by atoms with Gasteiger partial charge in [0.15, 0.2) is 11.7 Å². The number of halogens is 2. The Labute approximate surface area is 110 Å². The molecule has 0 aliphatic rings. The maximum atomic E-state index is 13.6. The zero-order valence-electron chi connectivity index (χ0n) is 10.9. The first-order chi connectivity index (χ1) is 9.06. The molecule has 0 radical (unpaired) electrons. The molecule has 0 saturated heterocycles. The van der Waals surface area contributed by atoms with Crippen LogP contribution in [0, 0.1) is 11.6 Å². The van der Waals surface area contributed by atoms with Gasteiger partial charge in [0.1, 0.15) is 11.6 Å². The SMILES string of the molecule is CC(C)NCCc1ncc(-c2ccc(F)cc2F)o1. The van der Waals surface area contributed by atoms with Gasteiger partial charge in [-0.3, -0.25) is 0 Å². The van der Waals surface area contributed by atoms with E-state index in [9.17, 15) is 8.78 Å². The van der Waals surface area contributed by atoms with Gasteiger partial charge < -0.3 is 9.73 Å². The first kappa shape index (κ1) is 13.7. The zero-order chi connectivity index (χ0) is 13.8. The molecule has 0 spiro atoms. The van der Waals surface area contributed by atoms with E-state index >= 15 is 0 Å². The van der Waals surface area contributed by atoms with Crippen molar-refractivity contribution in [1.82, 2.24) is 10.3 Å². The lowest BCUT2D eigenvalue weighted by Crippen LogP contribution is -2.24. The van der Waals surface area contributed by atoms with Crippen LogP contribution >= 0.6 is 0 Å². The van der Waals surface area contributed by atoms with Gasteiger partial charge in [0.2, 0.25) is 0 Å². The smallest absolute Gasteiger partial charge is 0.196 e. The highest BCUT2D eigenvalue weighted by atomic mass is 19.1. The number of hydrogen-bond acceptors (Lipinski definition) is 3. The molecule has 0 aliphatic heterocycles. The van der Waals surface area contributed by atoms with Crippen LogP contribution in [0.2, 0.25) is 0 Å². The summed E-state index contributed by atoms with van der Waals surface area (Å²) in [6.07, 6.45) is 2.09. The summed E-state index contributed by atoms with van der Waals surface area (Å²) in [5.41, 5.74) is 0.219. The Hall–Kier alpha value is -1.75. The molecule has 19 heavy (non-hydrogen) atoms. The van der Waals surface area contributed by atoms with Gasteiger partial charge in [-0.25, -0.2) is 13.8 Å². The first-order valence-electron chi connectivity index (χ1n) is 6.20. The Morgan fingerprint density at radius 1 is 1.32 bits per heavy atom. The number of rotatable bonds is 5. The molecule has 2 aromatic rings. The van der Waals surface area contributed by atoms with Gasteiger partial charge in [0.25, 0.3) is 0 Å². The van der Waals surface area contributed by atoms with Crippen LogP contribution in [0.25, 0.3) is 11.3 Å². The number of nitrogens with one attached hydrogen (secondary N) is 1. The van der Waals surface area contributed by atoms with E-state index in [2.05, 4.69) is 24.1 Å². The van der Waals surface area contributed by atoms with E-state index < -0.39 is 11.6 Å². The number of aromatic nitrogens is 1. The molecule has 5 heteroatoms. The van der Waals surface area contributed by atoms with Crippen molar-refractivity contribution in [1.29, 1.82) is 0 Å². The van der Waals surface area contributed by atoms with E-state index in [0.717, 1.165) is 12.6 Å². The lowest BCUT2D eigenvalue weighted by Gasteiger charge is -2.05. The topological polar surface area (TPSA) is 38.1 Å². The van der Waals surface area contributed by atoms with Crippen LogP contribution in [0.4, 0.5) is 8.78 Å². The maximum absolute atomic E-state index is 13.6. The third-order valence-corrected chi connectivity index (χ3v) is 2.64. The number of hydrogen-bond donors (Lipinski definition) is 1. The molecule has 1 aromatic heterocycles. The second-order valence-electron chi connectivity index (χ2n) is 4.60. The Morgan fingerprint density at radius 3 is 2.79 bits per heavy atom. The third kappa shape index (κ3) is 3.61. The van der Waals surface area contributed by atoms with Crippen LogP contribution in [-0.4, -0.2) is 17.6 Å². The lowest BCUT2D eigenvalue weighted by atomic mass is 10.2. The summed E-state index contributed by atoms with van der Waals surface area (Å²) in [7, 11) is 0. The summed E-state index contributed by atoms with van der Waals surface area (Å²) in [5, 5.41) is 3.24. The Morgan fingerprint density at radius 2 is 2.11 bits per heavy atom. The summed E-state index contributed by atoms with van der Waals surface area (Å²) in [6, 6.07) is 3.77. The minimum absolute atomic E-state index is 0.219. The molecule has 0 bridgehead atoms. The fourth-order valence-corrected chi connectivity index (χ4v) is 1.71. The molecule has 102 valence electrons. The predicted octanol–water partition coefficient (Wildman–Crippen LogP) is 3.16. The Balaban J connectivity index is 2.08. The van der Waals surface area contributed by atoms with Crippen molar-refractivity contribution in [3.8, 4) is 11.3 Å². The highest BCUT2D eigenvalue weighted by Gasteiger charge is 2.11. The van der Waals surface area contributed by atoms with E-state index in [-0.39, 0.29) is 5.56 Å². The third-order valence-electron chi connectivity index (χ3n) is 2.64. The summed E-state index contributed by atoms with van der Waals surface area (Å²) >= 11 is 0. The second-order valence-corrected chi connectivity index (χ2v) is 4.60. The Kier molecular flexibility index (Phi) is 4.27. The van der Waals surface area contributed by atoms with E-state index in [1.54, 1.807) is 0 Å². The number of oxazole rings is 1. The second kappa shape index (κ2) is 5.93. The monoisotopic (exact) mass is 266 g/mol. The van der Waals surface area contributed by atoms with Crippen LogP contribution in [0.15, 0.2) is 28.8 Å². The van der Waals surface area contributed by atoms with E-state index in [4.69, 9.17) is 4.42 Å². The highest BCUT2D eigenvalue weighted by Crippen LogP contribution is 2.24. The zero-order valence-corrected chi connectivity index (χ0v) is 10.9. The van der Waals surface area contributed by atoms with Crippen LogP contribution in [0.1, 0.15) is 19.7 Å². The van der Waals surface area contributed by atoms with Crippen molar-refractivity contribution in [2.75, 3.05) is 6.54 Å². The van der Waals surface area contributed by atoms with E-state index in [1.807, 2.05) is 0 Å². The summed E-state index contributed by atoms with van der Waals surface area (Å²) in [6.45, 7) is 4.84. The minimum Gasteiger partial charge on any atom is -0.441 e.